The third-order valence-electron chi connectivity index (χ3n) is 3.73. The number of ketones is 1. The molecule has 0 amide bonds. The average Bonchev–Trinajstić information content (AvgIpc) is 2.25. The van der Waals surface area contributed by atoms with Crippen LogP contribution >= 0.6 is 0 Å². The van der Waals surface area contributed by atoms with Crippen molar-refractivity contribution in [3.8, 4) is 0 Å². The van der Waals surface area contributed by atoms with Gasteiger partial charge in [0.25, 0.3) is 0 Å². The molecular formula is C12H22N2O. The van der Waals surface area contributed by atoms with Crippen molar-refractivity contribution >= 4 is 5.78 Å². The van der Waals surface area contributed by atoms with Gasteiger partial charge in [0, 0.05) is 24.9 Å². The van der Waals surface area contributed by atoms with E-state index in [4.69, 9.17) is 0 Å². The lowest BCUT2D eigenvalue weighted by atomic mass is 9.92. The van der Waals surface area contributed by atoms with E-state index in [1.165, 1.54) is 25.9 Å². The van der Waals surface area contributed by atoms with Gasteiger partial charge in [0.2, 0.25) is 0 Å². The van der Waals surface area contributed by atoms with Crippen molar-refractivity contribution in [1.29, 1.82) is 0 Å². The van der Waals surface area contributed by atoms with Crippen molar-refractivity contribution in [3.05, 3.63) is 0 Å². The van der Waals surface area contributed by atoms with Crippen molar-refractivity contribution < 1.29 is 4.79 Å². The number of piperidine rings is 1. The maximum atomic E-state index is 11.1. The summed E-state index contributed by atoms with van der Waals surface area (Å²) in [5, 5.41) is 3.72. The number of Topliss-reactive ketones (excluding diaryl/α,β-unsaturated/α-hetero) is 1. The Kier molecular flexibility index (Phi) is 3.76. The number of rotatable bonds is 2. The highest BCUT2D eigenvalue weighted by Crippen LogP contribution is 2.17. The fourth-order valence-corrected chi connectivity index (χ4v) is 2.62. The van der Waals surface area contributed by atoms with Crippen LogP contribution in [-0.4, -0.2) is 42.9 Å². The smallest absolute Gasteiger partial charge is 0.133 e. The van der Waals surface area contributed by atoms with Gasteiger partial charge in [-0.05, 0) is 45.8 Å². The van der Waals surface area contributed by atoms with E-state index in [9.17, 15) is 4.79 Å². The summed E-state index contributed by atoms with van der Waals surface area (Å²) in [4.78, 5) is 13.5. The van der Waals surface area contributed by atoms with Gasteiger partial charge >= 0.3 is 0 Å². The van der Waals surface area contributed by atoms with Gasteiger partial charge in [0.15, 0.2) is 0 Å². The zero-order valence-electron chi connectivity index (χ0n) is 9.67. The van der Waals surface area contributed by atoms with E-state index in [-0.39, 0.29) is 0 Å². The summed E-state index contributed by atoms with van der Waals surface area (Å²) in [6.45, 7) is 2.42. The highest BCUT2D eigenvalue weighted by atomic mass is 16.1. The van der Waals surface area contributed by atoms with Crippen LogP contribution in [0.1, 0.15) is 38.5 Å². The van der Waals surface area contributed by atoms with Crippen molar-refractivity contribution in [2.24, 2.45) is 0 Å². The molecule has 1 N–H and O–H groups in total. The van der Waals surface area contributed by atoms with E-state index < -0.39 is 0 Å². The van der Waals surface area contributed by atoms with Crippen LogP contribution in [-0.2, 0) is 4.79 Å². The lowest BCUT2D eigenvalue weighted by Gasteiger charge is -2.33. The highest BCUT2D eigenvalue weighted by Gasteiger charge is 2.23. The number of carbonyl (C=O) groups excluding carboxylic acids is 1. The number of carbonyl (C=O) groups is 1. The molecule has 86 valence electrons. The maximum Gasteiger partial charge on any atom is 0.133 e. The third-order valence-corrected chi connectivity index (χ3v) is 3.73. The molecular weight excluding hydrogens is 188 g/mol. The third kappa shape index (κ3) is 3.28. The first-order chi connectivity index (χ1) is 7.24. The fraction of sp³-hybridized carbons (Fsp3) is 0.917. The Balaban J connectivity index is 1.70. The van der Waals surface area contributed by atoms with Gasteiger partial charge in [-0.1, -0.05) is 0 Å². The van der Waals surface area contributed by atoms with Gasteiger partial charge in [0.05, 0.1) is 0 Å². The van der Waals surface area contributed by atoms with Gasteiger partial charge < -0.3 is 10.2 Å². The molecule has 1 saturated carbocycles. The van der Waals surface area contributed by atoms with Gasteiger partial charge in [-0.15, -0.1) is 0 Å². The van der Waals surface area contributed by atoms with Gasteiger partial charge in [-0.3, -0.25) is 4.79 Å². The Morgan fingerprint density at radius 2 is 1.60 bits per heavy atom. The Bertz CT molecular complexity index is 212. The van der Waals surface area contributed by atoms with Crippen LogP contribution in [0.4, 0.5) is 0 Å². The zero-order valence-corrected chi connectivity index (χ0v) is 9.67. The topological polar surface area (TPSA) is 32.3 Å². The molecule has 1 saturated heterocycles. The molecule has 3 nitrogen and oxygen atoms in total. The van der Waals surface area contributed by atoms with Crippen LogP contribution in [0.25, 0.3) is 0 Å². The summed E-state index contributed by atoms with van der Waals surface area (Å²) < 4.78 is 0. The molecule has 15 heavy (non-hydrogen) atoms. The first-order valence-electron chi connectivity index (χ1n) is 6.20. The minimum absolute atomic E-state index is 0.455. The molecule has 0 spiro atoms. The Morgan fingerprint density at radius 1 is 1.07 bits per heavy atom. The lowest BCUT2D eigenvalue weighted by molar-refractivity contribution is -0.120. The first kappa shape index (κ1) is 11.1. The monoisotopic (exact) mass is 210 g/mol. The minimum Gasteiger partial charge on any atom is -0.311 e. The second-order valence-corrected chi connectivity index (χ2v) is 5.06. The Morgan fingerprint density at radius 3 is 2.20 bits per heavy atom. The summed E-state index contributed by atoms with van der Waals surface area (Å²) in [6.07, 6.45) is 6.24. The van der Waals surface area contributed by atoms with Crippen molar-refractivity contribution in [3.63, 3.8) is 0 Å². The number of nitrogens with zero attached hydrogens (tertiary/aromatic N) is 1. The molecule has 2 aliphatic rings. The van der Waals surface area contributed by atoms with Gasteiger partial charge in [-0.25, -0.2) is 0 Å². The number of likely N-dealkylation sites (tertiary alicyclic amines) is 1. The summed E-state index contributed by atoms with van der Waals surface area (Å²) in [7, 11) is 2.19. The van der Waals surface area contributed by atoms with Crippen LogP contribution in [0.2, 0.25) is 0 Å². The molecule has 0 radical (unpaired) electrons. The zero-order chi connectivity index (χ0) is 10.7. The van der Waals surface area contributed by atoms with Crippen LogP contribution < -0.4 is 5.32 Å². The molecule has 0 aromatic carbocycles. The second kappa shape index (κ2) is 5.08. The molecule has 0 aromatic rings. The molecule has 1 aliphatic heterocycles. The molecule has 0 atom stereocenters. The van der Waals surface area contributed by atoms with Crippen molar-refractivity contribution in [1.82, 2.24) is 10.2 Å². The predicted molar refractivity (Wildman–Crippen MR) is 60.9 cm³/mol. The van der Waals surface area contributed by atoms with Crippen LogP contribution in [0.15, 0.2) is 0 Å². The molecule has 0 bridgehead atoms. The number of nitrogens with one attached hydrogen (secondary N) is 1. The van der Waals surface area contributed by atoms with Crippen LogP contribution in [0.3, 0.4) is 0 Å². The van der Waals surface area contributed by atoms with E-state index in [1.807, 2.05) is 0 Å². The van der Waals surface area contributed by atoms with E-state index in [0.29, 0.717) is 17.9 Å². The first-order valence-corrected chi connectivity index (χ1v) is 6.20. The van der Waals surface area contributed by atoms with E-state index in [2.05, 4.69) is 17.3 Å². The summed E-state index contributed by atoms with van der Waals surface area (Å²) in [5.74, 6) is 0.455. The van der Waals surface area contributed by atoms with Crippen LogP contribution in [0.5, 0.6) is 0 Å². The number of hydrogen-bond donors (Lipinski definition) is 1. The lowest BCUT2D eigenvalue weighted by Crippen LogP contribution is -2.46. The molecule has 0 aromatic heterocycles. The Hall–Kier alpha value is -0.410. The minimum atomic E-state index is 0.455. The molecule has 1 heterocycles. The molecule has 2 fully saturated rings. The second-order valence-electron chi connectivity index (χ2n) is 5.06. The molecule has 1 aliphatic carbocycles. The summed E-state index contributed by atoms with van der Waals surface area (Å²) >= 11 is 0. The number of hydrogen-bond acceptors (Lipinski definition) is 3. The quantitative estimate of drug-likeness (QED) is 0.743. The van der Waals surface area contributed by atoms with Gasteiger partial charge in [-0.2, -0.15) is 0 Å². The largest absolute Gasteiger partial charge is 0.311 e. The van der Waals surface area contributed by atoms with Gasteiger partial charge in [0.1, 0.15) is 5.78 Å². The van der Waals surface area contributed by atoms with Crippen molar-refractivity contribution in [2.45, 2.75) is 50.6 Å². The van der Waals surface area contributed by atoms with Crippen molar-refractivity contribution in [2.75, 3.05) is 20.1 Å². The normalized spacial score (nSPS) is 27.1. The maximum absolute atomic E-state index is 11.1. The Labute approximate surface area is 92.2 Å². The van der Waals surface area contributed by atoms with E-state index in [1.54, 1.807) is 0 Å². The molecule has 3 heteroatoms. The SMILES string of the molecule is CN1CCC(NC2CCC(=O)CC2)CC1. The van der Waals surface area contributed by atoms with Crippen LogP contribution in [0, 0.1) is 0 Å². The van der Waals surface area contributed by atoms with E-state index >= 15 is 0 Å². The standard InChI is InChI=1S/C12H22N2O/c1-14-8-6-11(7-9-14)13-10-2-4-12(15)5-3-10/h10-11,13H,2-9H2,1H3. The average molecular weight is 210 g/mol. The summed E-state index contributed by atoms with van der Waals surface area (Å²) in [6, 6.07) is 1.30. The van der Waals surface area contributed by atoms with E-state index in [0.717, 1.165) is 25.7 Å². The fourth-order valence-electron chi connectivity index (χ4n) is 2.62. The molecule has 0 unspecified atom stereocenters. The summed E-state index contributed by atoms with van der Waals surface area (Å²) in [5.41, 5.74) is 0. The molecule has 2 rings (SSSR count). The predicted octanol–water partition coefficient (Wildman–Crippen LogP) is 1.18. The highest BCUT2D eigenvalue weighted by molar-refractivity contribution is 5.79.